The topological polar surface area (TPSA) is 118 Å². The van der Waals surface area contributed by atoms with E-state index in [-0.39, 0.29) is 40.1 Å². The molecule has 0 bridgehead atoms. The van der Waals surface area contributed by atoms with Gasteiger partial charge < -0.3 is 25.5 Å². The first-order valence-corrected chi connectivity index (χ1v) is 8.27. The molecule has 0 aliphatic heterocycles. The molecule has 0 fully saturated rings. The normalized spacial score (nSPS) is 18.4. The van der Waals surface area contributed by atoms with Gasteiger partial charge in [-0.3, -0.25) is 4.79 Å². The van der Waals surface area contributed by atoms with Crippen LogP contribution in [0.5, 0.6) is 28.7 Å². The lowest BCUT2D eigenvalue weighted by molar-refractivity contribution is 0.0967. The van der Waals surface area contributed by atoms with E-state index >= 15 is 0 Å². The Kier molecular flexibility index (Phi) is 3.70. The Bertz CT molecular complexity index is 1030. The number of ketones is 1. The van der Waals surface area contributed by atoms with E-state index in [0.717, 1.165) is 6.07 Å². The Hall–Kier alpha value is -3.67. The summed E-state index contributed by atoms with van der Waals surface area (Å²) in [7, 11) is 0. The maximum atomic E-state index is 13.1. The van der Waals surface area contributed by atoms with Crippen LogP contribution in [0.15, 0.2) is 54.6 Å². The fourth-order valence-corrected chi connectivity index (χ4v) is 3.82. The van der Waals surface area contributed by atoms with Crippen molar-refractivity contribution in [1.29, 1.82) is 0 Å². The van der Waals surface area contributed by atoms with Gasteiger partial charge in [-0.25, -0.2) is 0 Å². The minimum Gasteiger partial charge on any atom is -0.508 e. The molecular weight excluding hydrogens is 348 g/mol. The maximum Gasteiger partial charge on any atom is 0.171 e. The number of aromatic hydroxyl groups is 5. The SMILES string of the molecule is O=C1c2cc(O)cc(O)c2C(c2cc(O)cc(O)c2)[C@H]1c1ccc(O)cc1. The first-order valence-electron chi connectivity index (χ1n) is 8.27. The van der Waals surface area contributed by atoms with Crippen LogP contribution in [0.1, 0.15) is 38.9 Å². The van der Waals surface area contributed by atoms with E-state index in [1.807, 2.05) is 0 Å². The second-order valence-corrected chi connectivity index (χ2v) is 6.62. The zero-order valence-electron chi connectivity index (χ0n) is 14.0. The number of phenolic OH excluding ortho intramolecular Hbond substituents is 5. The number of hydrogen-bond donors (Lipinski definition) is 5. The highest BCUT2D eigenvalue weighted by Gasteiger charge is 2.44. The number of benzene rings is 3. The van der Waals surface area contributed by atoms with E-state index < -0.39 is 11.8 Å². The molecule has 6 heteroatoms. The molecule has 0 aromatic heterocycles. The molecule has 0 saturated heterocycles. The number of rotatable bonds is 2. The minimum absolute atomic E-state index is 0.0498. The van der Waals surface area contributed by atoms with E-state index in [1.165, 1.54) is 36.4 Å². The molecule has 0 heterocycles. The molecule has 0 amide bonds. The Morgan fingerprint density at radius 1 is 0.593 bits per heavy atom. The van der Waals surface area contributed by atoms with Crippen LogP contribution in [-0.4, -0.2) is 31.3 Å². The lowest BCUT2D eigenvalue weighted by Crippen LogP contribution is -2.13. The Labute approximate surface area is 154 Å². The van der Waals surface area contributed by atoms with Crippen molar-refractivity contribution in [3.8, 4) is 28.7 Å². The van der Waals surface area contributed by atoms with Gasteiger partial charge in [0.1, 0.15) is 28.7 Å². The fraction of sp³-hybridized carbons (Fsp3) is 0.0952. The van der Waals surface area contributed by atoms with Gasteiger partial charge >= 0.3 is 0 Å². The van der Waals surface area contributed by atoms with Crippen molar-refractivity contribution in [2.24, 2.45) is 0 Å². The third-order valence-electron chi connectivity index (χ3n) is 4.87. The lowest BCUT2D eigenvalue weighted by atomic mass is 9.81. The molecule has 2 atom stereocenters. The van der Waals surface area contributed by atoms with Crippen molar-refractivity contribution in [1.82, 2.24) is 0 Å². The zero-order valence-corrected chi connectivity index (χ0v) is 14.0. The molecule has 6 nitrogen and oxygen atoms in total. The van der Waals surface area contributed by atoms with Crippen molar-refractivity contribution in [3.63, 3.8) is 0 Å². The number of carbonyl (C=O) groups is 1. The number of phenols is 5. The highest BCUT2D eigenvalue weighted by molar-refractivity contribution is 6.08. The average molecular weight is 364 g/mol. The van der Waals surface area contributed by atoms with Crippen LogP contribution in [0.2, 0.25) is 0 Å². The predicted octanol–water partition coefficient (Wildman–Crippen LogP) is 3.33. The predicted molar refractivity (Wildman–Crippen MR) is 96.6 cm³/mol. The Balaban J connectivity index is 1.98. The smallest absolute Gasteiger partial charge is 0.171 e. The number of hydrogen-bond acceptors (Lipinski definition) is 6. The standard InChI is InChI=1S/C21H16O6/c22-12-3-1-10(2-4-12)19-18(11-5-13(23)7-14(24)6-11)20-16(21(19)27)8-15(25)9-17(20)26/h1-9,18-19,22-26H/t18?,19-/m1/s1. The van der Waals surface area contributed by atoms with Gasteiger partial charge in [0.25, 0.3) is 0 Å². The van der Waals surface area contributed by atoms with Crippen LogP contribution in [0.4, 0.5) is 0 Å². The van der Waals surface area contributed by atoms with Gasteiger partial charge in [-0.1, -0.05) is 12.1 Å². The highest BCUT2D eigenvalue weighted by Crippen LogP contribution is 2.52. The summed E-state index contributed by atoms with van der Waals surface area (Å²) in [4.78, 5) is 13.1. The Morgan fingerprint density at radius 3 is 1.81 bits per heavy atom. The molecule has 1 aliphatic rings. The molecular formula is C21H16O6. The van der Waals surface area contributed by atoms with Gasteiger partial charge in [-0.05, 0) is 41.5 Å². The molecule has 1 aliphatic carbocycles. The van der Waals surface area contributed by atoms with E-state index in [2.05, 4.69) is 0 Å². The second-order valence-electron chi connectivity index (χ2n) is 6.62. The van der Waals surface area contributed by atoms with Crippen LogP contribution < -0.4 is 0 Å². The maximum absolute atomic E-state index is 13.1. The molecule has 27 heavy (non-hydrogen) atoms. The van der Waals surface area contributed by atoms with Gasteiger partial charge in [0.05, 0.1) is 5.92 Å². The quantitative estimate of drug-likeness (QED) is 0.476. The summed E-state index contributed by atoms with van der Waals surface area (Å²) in [6.45, 7) is 0. The Morgan fingerprint density at radius 2 is 1.19 bits per heavy atom. The molecule has 0 saturated carbocycles. The molecule has 3 aromatic carbocycles. The number of Topliss-reactive ketones (excluding diaryl/α,β-unsaturated/α-hetero) is 1. The monoisotopic (exact) mass is 364 g/mol. The van der Waals surface area contributed by atoms with Gasteiger partial charge in [-0.2, -0.15) is 0 Å². The van der Waals surface area contributed by atoms with Crippen molar-refractivity contribution in [3.05, 3.63) is 76.9 Å². The third kappa shape index (κ3) is 2.71. The van der Waals surface area contributed by atoms with Crippen molar-refractivity contribution in [2.45, 2.75) is 11.8 Å². The van der Waals surface area contributed by atoms with Crippen molar-refractivity contribution < 1.29 is 30.3 Å². The lowest BCUT2D eigenvalue weighted by Gasteiger charge is -2.21. The first-order chi connectivity index (χ1) is 12.8. The van der Waals surface area contributed by atoms with Crippen molar-refractivity contribution in [2.75, 3.05) is 0 Å². The summed E-state index contributed by atoms with van der Waals surface area (Å²) in [5.41, 5.74) is 1.54. The molecule has 4 rings (SSSR count). The van der Waals surface area contributed by atoms with Crippen LogP contribution in [0.3, 0.4) is 0 Å². The van der Waals surface area contributed by atoms with Crippen LogP contribution >= 0.6 is 0 Å². The molecule has 5 N–H and O–H groups in total. The molecule has 0 radical (unpaired) electrons. The zero-order chi connectivity index (χ0) is 19.3. The average Bonchev–Trinajstić information content (AvgIpc) is 2.88. The summed E-state index contributed by atoms with van der Waals surface area (Å²) in [6.07, 6.45) is 0. The highest BCUT2D eigenvalue weighted by atomic mass is 16.3. The van der Waals surface area contributed by atoms with Crippen LogP contribution in [-0.2, 0) is 0 Å². The van der Waals surface area contributed by atoms with Crippen LogP contribution in [0, 0.1) is 0 Å². The summed E-state index contributed by atoms with van der Waals surface area (Å²) >= 11 is 0. The van der Waals surface area contributed by atoms with Gasteiger partial charge in [0.2, 0.25) is 0 Å². The van der Waals surface area contributed by atoms with Gasteiger partial charge in [0.15, 0.2) is 5.78 Å². The second kappa shape index (κ2) is 5.95. The fourth-order valence-electron chi connectivity index (χ4n) is 3.82. The van der Waals surface area contributed by atoms with Crippen molar-refractivity contribution >= 4 is 5.78 Å². The number of carbonyl (C=O) groups excluding carboxylic acids is 1. The molecule has 3 aromatic rings. The minimum atomic E-state index is -0.755. The largest absolute Gasteiger partial charge is 0.508 e. The summed E-state index contributed by atoms with van der Waals surface area (Å²) in [5, 5.41) is 49.6. The van der Waals surface area contributed by atoms with E-state index in [0.29, 0.717) is 16.7 Å². The summed E-state index contributed by atoms with van der Waals surface area (Å²) < 4.78 is 0. The summed E-state index contributed by atoms with van der Waals surface area (Å²) in [6, 6.07) is 12.6. The first kappa shape index (κ1) is 16.8. The van der Waals surface area contributed by atoms with E-state index in [1.54, 1.807) is 12.1 Å². The molecule has 136 valence electrons. The third-order valence-corrected chi connectivity index (χ3v) is 4.87. The number of fused-ring (bicyclic) bond motifs is 1. The molecule has 1 unspecified atom stereocenters. The van der Waals surface area contributed by atoms with E-state index in [4.69, 9.17) is 0 Å². The molecule has 0 spiro atoms. The summed E-state index contributed by atoms with van der Waals surface area (Å²) in [5.74, 6) is -2.52. The van der Waals surface area contributed by atoms with Gasteiger partial charge in [0, 0.05) is 29.2 Å². The van der Waals surface area contributed by atoms with E-state index in [9.17, 15) is 30.3 Å². The van der Waals surface area contributed by atoms with Gasteiger partial charge in [-0.15, -0.1) is 0 Å². The van der Waals surface area contributed by atoms with Crippen LogP contribution in [0.25, 0.3) is 0 Å².